The molecule has 3 amide bonds. The van der Waals surface area contributed by atoms with Gasteiger partial charge in [-0.05, 0) is 60.9 Å². The summed E-state index contributed by atoms with van der Waals surface area (Å²) in [5.74, 6) is -1.73. The summed E-state index contributed by atoms with van der Waals surface area (Å²) in [7, 11) is 1.59. The number of halogens is 1. The lowest BCUT2D eigenvalue weighted by Gasteiger charge is -2.33. The Balaban J connectivity index is 1.56. The van der Waals surface area contributed by atoms with Crippen LogP contribution in [0.3, 0.4) is 0 Å². The molecule has 1 aliphatic heterocycles. The molecule has 198 valence electrons. The van der Waals surface area contributed by atoms with Crippen molar-refractivity contribution in [3.05, 3.63) is 64.8 Å². The average molecular weight is 535 g/mol. The summed E-state index contributed by atoms with van der Waals surface area (Å²) < 4.78 is 14.4. The first-order valence-electron chi connectivity index (χ1n) is 12.6. The number of anilines is 1. The zero-order chi connectivity index (χ0) is 27.6. The van der Waals surface area contributed by atoms with Crippen molar-refractivity contribution in [2.45, 2.75) is 45.7 Å². The first kappa shape index (κ1) is 27.3. The minimum absolute atomic E-state index is 0.0946. The summed E-state index contributed by atoms with van der Waals surface area (Å²) in [5, 5.41) is 13.5. The van der Waals surface area contributed by atoms with E-state index in [1.165, 1.54) is 33.3 Å². The second-order valence-electron chi connectivity index (χ2n) is 10.2. The van der Waals surface area contributed by atoms with Crippen LogP contribution in [0.15, 0.2) is 48.5 Å². The van der Waals surface area contributed by atoms with E-state index >= 15 is 0 Å². The number of nitrogens with one attached hydrogen (secondary N) is 1. The number of hydrogen-bond donors (Lipinski definition) is 1. The van der Waals surface area contributed by atoms with Crippen molar-refractivity contribution in [1.29, 1.82) is 5.26 Å². The molecular formula is C29H31FN4O3S. The molecule has 2 aromatic carbocycles. The van der Waals surface area contributed by atoms with E-state index in [2.05, 4.69) is 11.4 Å². The fraction of sp³-hybridized carbons (Fsp3) is 0.379. The highest BCUT2D eigenvalue weighted by Crippen LogP contribution is 2.33. The van der Waals surface area contributed by atoms with Crippen LogP contribution >= 0.6 is 11.3 Å². The van der Waals surface area contributed by atoms with Crippen molar-refractivity contribution in [3.63, 3.8) is 0 Å². The van der Waals surface area contributed by atoms with E-state index in [0.717, 1.165) is 10.9 Å². The number of amides is 3. The number of para-hydroxylation sites is 1. The summed E-state index contributed by atoms with van der Waals surface area (Å²) >= 11 is 1.20. The number of benzene rings is 2. The first-order valence-corrected chi connectivity index (χ1v) is 13.4. The number of carbonyl (C=O) groups is 3. The Morgan fingerprint density at radius 3 is 2.58 bits per heavy atom. The second-order valence-corrected chi connectivity index (χ2v) is 11.2. The summed E-state index contributed by atoms with van der Waals surface area (Å²) in [4.78, 5) is 43.7. The third kappa shape index (κ3) is 5.55. The van der Waals surface area contributed by atoms with E-state index in [-0.39, 0.29) is 42.4 Å². The van der Waals surface area contributed by atoms with Crippen LogP contribution < -0.4 is 5.32 Å². The van der Waals surface area contributed by atoms with Crippen molar-refractivity contribution >= 4 is 44.8 Å². The van der Waals surface area contributed by atoms with E-state index in [1.54, 1.807) is 25.2 Å². The third-order valence-corrected chi connectivity index (χ3v) is 8.25. The Morgan fingerprint density at radius 2 is 1.92 bits per heavy atom. The number of aryl methyl sites for hydroxylation is 1. The molecule has 7 nitrogen and oxygen atoms in total. The number of rotatable bonds is 7. The zero-order valence-corrected chi connectivity index (χ0v) is 22.7. The Kier molecular flexibility index (Phi) is 8.12. The molecule has 0 radical (unpaired) electrons. The monoisotopic (exact) mass is 534 g/mol. The first-order chi connectivity index (χ1) is 18.1. The van der Waals surface area contributed by atoms with Crippen molar-refractivity contribution in [3.8, 4) is 6.07 Å². The number of hydrogen-bond acceptors (Lipinski definition) is 5. The molecule has 0 bridgehead atoms. The summed E-state index contributed by atoms with van der Waals surface area (Å²) in [5.41, 5.74) is 1.39. The summed E-state index contributed by atoms with van der Waals surface area (Å²) in [6.07, 6.45) is 0.628. The van der Waals surface area contributed by atoms with E-state index in [0.29, 0.717) is 21.7 Å². The molecule has 1 saturated heterocycles. The van der Waals surface area contributed by atoms with Gasteiger partial charge in [0.25, 0.3) is 5.91 Å². The molecular weight excluding hydrogens is 503 g/mol. The van der Waals surface area contributed by atoms with Crippen molar-refractivity contribution < 1.29 is 18.8 Å². The van der Waals surface area contributed by atoms with Crippen LogP contribution in [-0.2, 0) is 9.59 Å². The van der Waals surface area contributed by atoms with Gasteiger partial charge in [-0.25, -0.2) is 4.39 Å². The van der Waals surface area contributed by atoms with E-state index in [1.807, 2.05) is 39.0 Å². The van der Waals surface area contributed by atoms with Gasteiger partial charge in [-0.3, -0.25) is 14.4 Å². The van der Waals surface area contributed by atoms with Crippen LogP contribution in [0.1, 0.15) is 41.9 Å². The maximum atomic E-state index is 13.9. The molecule has 1 aliphatic rings. The number of fused-ring (bicyclic) bond motifs is 1. The number of carbonyl (C=O) groups excluding carboxylic acids is 3. The van der Waals surface area contributed by atoms with E-state index in [9.17, 15) is 24.0 Å². The number of likely N-dealkylation sites (tertiary alicyclic amines) is 1. The van der Waals surface area contributed by atoms with Gasteiger partial charge in [0.15, 0.2) is 0 Å². The molecule has 3 atom stereocenters. The smallest absolute Gasteiger partial charge is 0.264 e. The van der Waals surface area contributed by atoms with Gasteiger partial charge in [0.05, 0.1) is 16.9 Å². The molecule has 1 aromatic heterocycles. The zero-order valence-electron chi connectivity index (χ0n) is 21.9. The van der Waals surface area contributed by atoms with Gasteiger partial charge in [-0.2, -0.15) is 5.26 Å². The maximum Gasteiger partial charge on any atom is 0.264 e. The van der Waals surface area contributed by atoms with Gasteiger partial charge in [0.1, 0.15) is 17.9 Å². The van der Waals surface area contributed by atoms with Gasteiger partial charge in [-0.15, -0.1) is 11.3 Å². The SMILES string of the molecule is Cc1c(C(=O)N(C)C(CC(C)C)C(=O)N2CC(C(=O)Nc3ccccc3)CC2C#N)sc2cc(F)ccc12. The molecule has 2 heterocycles. The Labute approximate surface area is 225 Å². The fourth-order valence-corrected chi connectivity index (χ4v) is 6.14. The van der Waals surface area contributed by atoms with Crippen LogP contribution in [0.4, 0.5) is 10.1 Å². The minimum Gasteiger partial charge on any atom is -0.329 e. The largest absolute Gasteiger partial charge is 0.329 e. The standard InChI is InChI=1S/C29H31FN4O3S/c1-17(2)12-24(33(4)29(37)26-18(3)23-11-10-20(30)14-25(23)38-26)28(36)34-16-19(13-22(34)15-31)27(35)32-21-8-6-5-7-9-21/h5-11,14,17,19,22,24H,12-13,16H2,1-4H3,(H,32,35). The summed E-state index contributed by atoms with van der Waals surface area (Å²) in [6.45, 7) is 5.86. The highest BCUT2D eigenvalue weighted by Gasteiger charge is 2.43. The lowest BCUT2D eigenvalue weighted by Crippen LogP contribution is -2.51. The molecule has 4 rings (SSSR count). The van der Waals surface area contributed by atoms with Crippen LogP contribution in [0, 0.1) is 35.9 Å². The molecule has 0 saturated carbocycles. The third-order valence-electron chi connectivity index (χ3n) is 7.01. The highest BCUT2D eigenvalue weighted by atomic mass is 32.1. The Hall–Kier alpha value is -3.77. The van der Waals surface area contributed by atoms with Crippen LogP contribution in [-0.4, -0.2) is 53.2 Å². The van der Waals surface area contributed by atoms with E-state index < -0.39 is 18.0 Å². The van der Waals surface area contributed by atoms with Crippen molar-refractivity contribution in [2.75, 3.05) is 18.9 Å². The maximum absolute atomic E-state index is 13.9. The number of likely N-dealkylation sites (N-methyl/N-ethyl adjacent to an activating group) is 1. The van der Waals surface area contributed by atoms with E-state index in [4.69, 9.17) is 0 Å². The van der Waals surface area contributed by atoms with Gasteiger partial charge in [0, 0.05) is 24.0 Å². The Bertz CT molecular complexity index is 1400. The number of nitrogens with zero attached hydrogens (tertiary/aromatic N) is 3. The van der Waals surface area contributed by atoms with Gasteiger partial charge >= 0.3 is 0 Å². The van der Waals surface area contributed by atoms with Gasteiger partial charge in [0.2, 0.25) is 11.8 Å². The predicted molar refractivity (Wildman–Crippen MR) is 146 cm³/mol. The van der Waals surface area contributed by atoms with Gasteiger partial charge in [-0.1, -0.05) is 38.1 Å². The van der Waals surface area contributed by atoms with Crippen LogP contribution in [0.5, 0.6) is 0 Å². The molecule has 1 N–H and O–H groups in total. The predicted octanol–water partition coefficient (Wildman–Crippen LogP) is 5.21. The molecule has 3 unspecified atom stereocenters. The lowest BCUT2D eigenvalue weighted by molar-refractivity contribution is -0.136. The van der Waals surface area contributed by atoms with Gasteiger partial charge < -0.3 is 15.1 Å². The van der Waals surface area contributed by atoms with Crippen LogP contribution in [0.2, 0.25) is 0 Å². The molecule has 1 fully saturated rings. The Morgan fingerprint density at radius 1 is 1.21 bits per heavy atom. The quantitative estimate of drug-likeness (QED) is 0.450. The van der Waals surface area contributed by atoms with Crippen LogP contribution in [0.25, 0.3) is 10.1 Å². The average Bonchev–Trinajstić information content (AvgIpc) is 3.47. The number of thiophene rings is 1. The molecule has 0 aliphatic carbocycles. The lowest BCUT2D eigenvalue weighted by atomic mass is 10.0. The second kappa shape index (κ2) is 11.3. The highest BCUT2D eigenvalue weighted by molar-refractivity contribution is 7.21. The molecule has 9 heteroatoms. The minimum atomic E-state index is -0.810. The van der Waals surface area contributed by atoms with Crippen molar-refractivity contribution in [1.82, 2.24) is 9.80 Å². The van der Waals surface area contributed by atoms with Crippen molar-refractivity contribution in [2.24, 2.45) is 11.8 Å². The fourth-order valence-electron chi connectivity index (χ4n) is 4.93. The normalized spacial score (nSPS) is 17.9. The molecule has 38 heavy (non-hydrogen) atoms. The number of nitriles is 1. The molecule has 3 aromatic rings. The summed E-state index contributed by atoms with van der Waals surface area (Å²) in [6, 6.07) is 14.1. The topological polar surface area (TPSA) is 93.5 Å². The molecule has 0 spiro atoms.